The van der Waals surface area contributed by atoms with E-state index in [4.69, 9.17) is 9.47 Å². The Kier molecular flexibility index (Phi) is 5.55. The molecule has 5 nitrogen and oxygen atoms in total. The first-order valence-corrected chi connectivity index (χ1v) is 7.85. The Morgan fingerprint density at radius 1 is 1.43 bits per heavy atom. The van der Waals surface area contributed by atoms with E-state index < -0.39 is 17.6 Å². The number of amides is 1. The van der Waals surface area contributed by atoms with Crippen molar-refractivity contribution in [3.05, 3.63) is 48.0 Å². The van der Waals surface area contributed by atoms with Crippen molar-refractivity contribution in [2.24, 2.45) is 0 Å². The number of rotatable bonds is 7. The number of nitrogens with one attached hydrogen (secondary N) is 1. The van der Waals surface area contributed by atoms with Crippen LogP contribution in [0.5, 0.6) is 0 Å². The number of aryl methyl sites for hydroxylation is 1. The highest BCUT2D eigenvalue weighted by Crippen LogP contribution is 2.38. The second-order valence-corrected chi connectivity index (χ2v) is 5.54. The standard InChI is InChI=1S/C18H23NO4/c1-4-12-23-13(3)16(20)19-18(17(21)22-5-2)11-10-14-8-6-7-9-15(14)18/h4,6-9,13H,1,5,10-12H2,2-3H3,(H,19,20)/t13-,18+/m1/s1. The van der Waals surface area contributed by atoms with Crippen LogP contribution in [0.25, 0.3) is 0 Å². The largest absolute Gasteiger partial charge is 0.464 e. The molecule has 1 aromatic carbocycles. The van der Waals surface area contributed by atoms with Crippen molar-refractivity contribution in [1.82, 2.24) is 5.32 Å². The van der Waals surface area contributed by atoms with Crippen LogP contribution in [0.1, 0.15) is 31.4 Å². The average molecular weight is 317 g/mol. The molecule has 0 fully saturated rings. The zero-order chi connectivity index (χ0) is 16.9. The number of fused-ring (bicyclic) bond motifs is 1. The van der Waals surface area contributed by atoms with Crippen LogP contribution >= 0.6 is 0 Å². The fourth-order valence-corrected chi connectivity index (χ4v) is 2.86. The third-order valence-corrected chi connectivity index (χ3v) is 4.04. The van der Waals surface area contributed by atoms with Gasteiger partial charge in [0.2, 0.25) is 5.91 Å². The molecule has 0 aliphatic heterocycles. The number of ether oxygens (including phenoxy) is 2. The van der Waals surface area contributed by atoms with Crippen molar-refractivity contribution in [3.63, 3.8) is 0 Å². The summed E-state index contributed by atoms with van der Waals surface area (Å²) in [7, 11) is 0. The van der Waals surface area contributed by atoms with Crippen molar-refractivity contribution in [1.29, 1.82) is 0 Å². The summed E-state index contributed by atoms with van der Waals surface area (Å²) in [6, 6.07) is 7.63. The first-order valence-electron chi connectivity index (χ1n) is 7.85. The third-order valence-electron chi connectivity index (χ3n) is 4.04. The predicted octanol–water partition coefficient (Wildman–Crippen LogP) is 2.10. The molecule has 0 saturated heterocycles. The van der Waals surface area contributed by atoms with Crippen LogP contribution in [0.3, 0.4) is 0 Å². The molecule has 1 aliphatic carbocycles. The van der Waals surface area contributed by atoms with Crippen LogP contribution in [0.2, 0.25) is 0 Å². The van der Waals surface area contributed by atoms with Gasteiger partial charge in [0.05, 0.1) is 13.2 Å². The predicted molar refractivity (Wildman–Crippen MR) is 86.8 cm³/mol. The van der Waals surface area contributed by atoms with Crippen molar-refractivity contribution < 1.29 is 19.1 Å². The van der Waals surface area contributed by atoms with Crippen molar-refractivity contribution in [2.45, 2.75) is 38.3 Å². The van der Waals surface area contributed by atoms with E-state index in [0.29, 0.717) is 6.42 Å². The van der Waals surface area contributed by atoms with E-state index in [1.54, 1.807) is 19.9 Å². The number of hydrogen-bond donors (Lipinski definition) is 1. The van der Waals surface area contributed by atoms with Crippen molar-refractivity contribution >= 4 is 11.9 Å². The number of benzene rings is 1. The Morgan fingerprint density at radius 2 is 2.17 bits per heavy atom. The van der Waals surface area contributed by atoms with Gasteiger partial charge in [0.25, 0.3) is 0 Å². The maximum atomic E-state index is 12.6. The number of carbonyl (C=O) groups is 2. The molecule has 0 heterocycles. The minimum Gasteiger partial charge on any atom is -0.464 e. The van der Waals surface area contributed by atoms with E-state index in [2.05, 4.69) is 11.9 Å². The van der Waals surface area contributed by atoms with Gasteiger partial charge >= 0.3 is 5.97 Å². The van der Waals surface area contributed by atoms with Gasteiger partial charge in [-0.15, -0.1) is 6.58 Å². The minimum absolute atomic E-state index is 0.265. The maximum Gasteiger partial charge on any atom is 0.336 e. The smallest absolute Gasteiger partial charge is 0.336 e. The van der Waals surface area contributed by atoms with Crippen LogP contribution in [0.15, 0.2) is 36.9 Å². The maximum absolute atomic E-state index is 12.6. The summed E-state index contributed by atoms with van der Waals surface area (Å²) in [5.74, 6) is -0.758. The lowest BCUT2D eigenvalue weighted by Gasteiger charge is -2.30. The SMILES string of the molecule is C=CCO[C@H](C)C(=O)N[C@@]1(C(=O)OCC)CCc2ccccc21. The molecule has 0 spiro atoms. The highest BCUT2D eigenvalue weighted by molar-refractivity contribution is 5.91. The molecular weight excluding hydrogens is 294 g/mol. The Morgan fingerprint density at radius 3 is 2.87 bits per heavy atom. The molecule has 0 radical (unpaired) electrons. The second-order valence-electron chi connectivity index (χ2n) is 5.54. The van der Waals surface area contributed by atoms with Gasteiger partial charge < -0.3 is 14.8 Å². The van der Waals surface area contributed by atoms with Crippen LogP contribution in [-0.2, 0) is 31.0 Å². The zero-order valence-corrected chi connectivity index (χ0v) is 13.6. The zero-order valence-electron chi connectivity index (χ0n) is 13.6. The van der Waals surface area contributed by atoms with E-state index in [1.807, 2.05) is 24.3 Å². The third kappa shape index (κ3) is 3.45. The highest BCUT2D eigenvalue weighted by Gasteiger charge is 2.48. The lowest BCUT2D eigenvalue weighted by molar-refractivity contribution is -0.155. The molecule has 23 heavy (non-hydrogen) atoms. The molecule has 2 atom stereocenters. The van der Waals surface area contributed by atoms with Gasteiger partial charge in [-0.05, 0) is 37.8 Å². The van der Waals surface area contributed by atoms with E-state index in [9.17, 15) is 9.59 Å². The van der Waals surface area contributed by atoms with E-state index in [0.717, 1.165) is 17.5 Å². The molecule has 0 bridgehead atoms. The molecule has 1 amide bonds. The van der Waals surface area contributed by atoms with Gasteiger partial charge in [0.1, 0.15) is 6.10 Å². The summed E-state index contributed by atoms with van der Waals surface area (Å²) in [4.78, 5) is 25.1. The van der Waals surface area contributed by atoms with Gasteiger partial charge in [-0.1, -0.05) is 30.3 Å². The summed E-state index contributed by atoms with van der Waals surface area (Å²) >= 11 is 0. The summed E-state index contributed by atoms with van der Waals surface area (Å²) < 4.78 is 10.6. The molecule has 2 rings (SSSR count). The average Bonchev–Trinajstić information content (AvgIpc) is 2.93. The fourth-order valence-electron chi connectivity index (χ4n) is 2.86. The van der Waals surface area contributed by atoms with Gasteiger partial charge in [-0.25, -0.2) is 4.79 Å². The summed E-state index contributed by atoms with van der Waals surface area (Å²) in [5, 5.41) is 2.87. The Bertz CT molecular complexity index is 598. The molecule has 1 aromatic rings. The highest BCUT2D eigenvalue weighted by atomic mass is 16.5. The molecule has 0 saturated carbocycles. The summed E-state index contributed by atoms with van der Waals surface area (Å²) in [5.41, 5.74) is 0.735. The quantitative estimate of drug-likeness (QED) is 0.618. The number of hydrogen-bond acceptors (Lipinski definition) is 4. The monoisotopic (exact) mass is 317 g/mol. The molecule has 0 aromatic heterocycles. The number of esters is 1. The van der Waals surface area contributed by atoms with E-state index >= 15 is 0 Å². The van der Waals surface area contributed by atoms with Gasteiger partial charge in [-0.2, -0.15) is 0 Å². The molecular formula is C18H23NO4. The molecule has 1 N–H and O–H groups in total. The lowest BCUT2D eigenvalue weighted by Crippen LogP contribution is -2.54. The Balaban J connectivity index is 2.28. The summed E-state index contributed by atoms with van der Waals surface area (Å²) in [6.07, 6.45) is 2.12. The fraction of sp³-hybridized carbons (Fsp3) is 0.444. The van der Waals surface area contributed by atoms with Crippen molar-refractivity contribution in [3.8, 4) is 0 Å². The summed E-state index contributed by atoms with van der Waals surface area (Å²) in [6.45, 7) is 7.51. The number of carbonyl (C=O) groups excluding carboxylic acids is 2. The van der Waals surface area contributed by atoms with Crippen LogP contribution in [0, 0.1) is 0 Å². The molecule has 5 heteroatoms. The first-order chi connectivity index (χ1) is 11.0. The van der Waals surface area contributed by atoms with Gasteiger partial charge in [0.15, 0.2) is 5.54 Å². The van der Waals surface area contributed by atoms with E-state index in [1.165, 1.54) is 0 Å². The van der Waals surface area contributed by atoms with Crippen molar-refractivity contribution in [2.75, 3.05) is 13.2 Å². The second kappa shape index (κ2) is 7.42. The normalized spacial score (nSPS) is 20.4. The van der Waals surface area contributed by atoms with Crippen LogP contribution in [0.4, 0.5) is 0 Å². The Labute approximate surface area is 136 Å². The lowest BCUT2D eigenvalue weighted by atomic mass is 9.91. The topological polar surface area (TPSA) is 64.6 Å². The van der Waals surface area contributed by atoms with Crippen LogP contribution < -0.4 is 5.32 Å². The Hall–Kier alpha value is -2.14. The molecule has 124 valence electrons. The molecule has 0 unspecified atom stereocenters. The minimum atomic E-state index is -1.13. The van der Waals surface area contributed by atoms with Crippen LogP contribution in [-0.4, -0.2) is 31.2 Å². The van der Waals surface area contributed by atoms with Gasteiger partial charge in [0, 0.05) is 0 Å². The van der Waals surface area contributed by atoms with E-state index in [-0.39, 0.29) is 19.1 Å². The first kappa shape index (κ1) is 17.2. The van der Waals surface area contributed by atoms with Gasteiger partial charge in [-0.3, -0.25) is 4.79 Å². The molecule has 1 aliphatic rings.